The van der Waals surface area contributed by atoms with Gasteiger partial charge in [-0.05, 0) is 61.6 Å². The molecular weight excluding hydrogens is 470 g/mol. The first kappa shape index (κ1) is 23.1. The van der Waals surface area contributed by atoms with E-state index in [1.165, 1.54) is 30.2 Å². The molecule has 0 spiro atoms. The average Bonchev–Trinajstić information content (AvgIpc) is 3.61. The summed E-state index contributed by atoms with van der Waals surface area (Å²) in [6, 6.07) is 15.0. The van der Waals surface area contributed by atoms with Crippen molar-refractivity contribution in [2.24, 2.45) is 0 Å². The standard InChI is InChI=1S/C24H27N5O3S2/c1-27(2)34(31,32)20-12-13-21-18(15-20)7-6-14-28(21)22(30)16-33-24-25-23(17-10-11-17)29(26-24)19-8-4-3-5-9-19/h3-5,8-9,12-13,15,17H,6-7,10-11,14,16H2,1-2H3. The summed E-state index contributed by atoms with van der Waals surface area (Å²) in [4.78, 5) is 19.9. The van der Waals surface area contributed by atoms with Crippen molar-refractivity contribution < 1.29 is 13.2 Å². The Bertz CT molecular complexity index is 1320. The molecule has 0 atom stereocenters. The van der Waals surface area contributed by atoms with Crippen LogP contribution in [0.1, 0.15) is 36.6 Å². The van der Waals surface area contributed by atoms with Crippen molar-refractivity contribution >= 4 is 33.4 Å². The number of rotatable bonds is 7. The van der Waals surface area contributed by atoms with E-state index >= 15 is 0 Å². The van der Waals surface area contributed by atoms with E-state index in [0.717, 1.165) is 48.4 Å². The summed E-state index contributed by atoms with van der Waals surface area (Å²) < 4.78 is 28.1. The molecule has 1 fully saturated rings. The number of nitrogens with zero attached hydrogens (tertiary/aromatic N) is 5. The number of para-hydroxylation sites is 1. The fourth-order valence-corrected chi connectivity index (χ4v) is 5.80. The van der Waals surface area contributed by atoms with E-state index in [0.29, 0.717) is 17.6 Å². The average molecular weight is 498 g/mol. The highest BCUT2D eigenvalue weighted by Crippen LogP contribution is 2.40. The lowest BCUT2D eigenvalue weighted by molar-refractivity contribution is -0.116. The third kappa shape index (κ3) is 4.49. The van der Waals surface area contributed by atoms with Gasteiger partial charge in [-0.1, -0.05) is 30.0 Å². The van der Waals surface area contributed by atoms with E-state index in [-0.39, 0.29) is 16.6 Å². The number of anilines is 1. The SMILES string of the molecule is CN(C)S(=O)(=O)c1ccc2c(c1)CCCN2C(=O)CSc1nc(C2CC2)n(-c2ccccc2)n1. The number of sulfonamides is 1. The number of hydrogen-bond donors (Lipinski definition) is 0. The van der Waals surface area contributed by atoms with Crippen LogP contribution in [0.3, 0.4) is 0 Å². The van der Waals surface area contributed by atoms with Crippen LogP contribution in [0.25, 0.3) is 5.69 Å². The second kappa shape index (κ2) is 9.16. The summed E-state index contributed by atoms with van der Waals surface area (Å²) in [7, 11) is -0.479. The zero-order valence-electron chi connectivity index (χ0n) is 19.2. The van der Waals surface area contributed by atoms with Crippen LogP contribution in [0.5, 0.6) is 0 Å². The fourth-order valence-electron chi connectivity index (χ4n) is 4.14. The lowest BCUT2D eigenvalue weighted by Crippen LogP contribution is -2.37. The van der Waals surface area contributed by atoms with Crippen LogP contribution < -0.4 is 4.90 Å². The van der Waals surface area contributed by atoms with Gasteiger partial charge in [-0.25, -0.2) is 22.4 Å². The number of hydrogen-bond acceptors (Lipinski definition) is 6. The van der Waals surface area contributed by atoms with Crippen molar-refractivity contribution in [2.45, 2.75) is 41.7 Å². The molecule has 1 aliphatic heterocycles. The predicted molar refractivity (Wildman–Crippen MR) is 132 cm³/mol. The van der Waals surface area contributed by atoms with Gasteiger partial charge in [0.15, 0.2) is 0 Å². The Hall–Kier alpha value is -2.69. The van der Waals surface area contributed by atoms with Crippen molar-refractivity contribution in [1.29, 1.82) is 0 Å². The molecule has 3 aromatic rings. The van der Waals surface area contributed by atoms with Crippen LogP contribution >= 0.6 is 11.8 Å². The highest BCUT2D eigenvalue weighted by atomic mass is 32.2. The maximum atomic E-state index is 13.1. The van der Waals surface area contributed by atoms with Crippen molar-refractivity contribution in [3.63, 3.8) is 0 Å². The Morgan fingerprint density at radius 2 is 1.91 bits per heavy atom. The van der Waals surface area contributed by atoms with Gasteiger partial charge in [0.2, 0.25) is 21.1 Å². The number of aryl methyl sites for hydroxylation is 1. The molecule has 2 heterocycles. The van der Waals surface area contributed by atoms with E-state index in [4.69, 9.17) is 4.98 Å². The molecule has 8 nitrogen and oxygen atoms in total. The minimum atomic E-state index is -3.51. The van der Waals surface area contributed by atoms with E-state index in [9.17, 15) is 13.2 Å². The number of fused-ring (bicyclic) bond motifs is 1. The topological polar surface area (TPSA) is 88.4 Å². The number of thioether (sulfide) groups is 1. The maximum Gasteiger partial charge on any atom is 0.242 e. The first-order valence-electron chi connectivity index (χ1n) is 11.4. The Morgan fingerprint density at radius 1 is 1.15 bits per heavy atom. The molecule has 0 saturated heterocycles. The normalized spacial score (nSPS) is 16.0. The third-order valence-electron chi connectivity index (χ3n) is 6.13. The van der Waals surface area contributed by atoms with Crippen LogP contribution in [0.15, 0.2) is 58.6 Å². The van der Waals surface area contributed by atoms with Crippen molar-refractivity contribution in [2.75, 3.05) is 31.3 Å². The summed E-state index contributed by atoms with van der Waals surface area (Å²) in [5, 5.41) is 5.29. The number of amides is 1. The van der Waals surface area contributed by atoms with Crippen molar-refractivity contribution in [3.05, 3.63) is 59.9 Å². The number of carbonyl (C=O) groups is 1. The maximum absolute atomic E-state index is 13.1. The molecule has 178 valence electrons. The van der Waals surface area contributed by atoms with Gasteiger partial charge < -0.3 is 4.90 Å². The zero-order chi connectivity index (χ0) is 23.9. The molecule has 1 amide bonds. The second-order valence-corrected chi connectivity index (χ2v) is 11.9. The number of benzene rings is 2. The Balaban J connectivity index is 1.33. The van der Waals surface area contributed by atoms with Gasteiger partial charge in [-0.3, -0.25) is 4.79 Å². The number of aromatic nitrogens is 3. The highest BCUT2D eigenvalue weighted by molar-refractivity contribution is 7.99. The molecule has 0 N–H and O–H groups in total. The van der Waals surface area contributed by atoms with Gasteiger partial charge in [0.25, 0.3) is 0 Å². The van der Waals surface area contributed by atoms with Gasteiger partial charge in [0.1, 0.15) is 5.82 Å². The van der Waals surface area contributed by atoms with Crippen LogP contribution in [0.4, 0.5) is 5.69 Å². The summed E-state index contributed by atoms with van der Waals surface area (Å²) in [6.45, 7) is 0.616. The zero-order valence-corrected chi connectivity index (χ0v) is 20.8. The lowest BCUT2D eigenvalue weighted by atomic mass is 10.0. The van der Waals surface area contributed by atoms with Crippen LogP contribution in [-0.4, -0.2) is 59.8 Å². The Kier molecular flexibility index (Phi) is 6.22. The molecule has 0 unspecified atom stereocenters. The minimum absolute atomic E-state index is 0.0294. The van der Waals surface area contributed by atoms with Crippen LogP contribution in [0.2, 0.25) is 0 Å². The molecule has 1 aromatic heterocycles. The first-order chi connectivity index (χ1) is 16.3. The minimum Gasteiger partial charge on any atom is -0.311 e. The van der Waals surface area contributed by atoms with Crippen LogP contribution in [0, 0.1) is 0 Å². The Morgan fingerprint density at radius 3 is 2.62 bits per heavy atom. The van der Waals surface area contributed by atoms with Crippen LogP contribution in [-0.2, 0) is 21.2 Å². The molecule has 0 bridgehead atoms. The molecule has 2 aromatic carbocycles. The lowest BCUT2D eigenvalue weighted by Gasteiger charge is -2.30. The molecule has 5 rings (SSSR count). The molecule has 10 heteroatoms. The van der Waals surface area contributed by atoms with E-state index < -0.39 is 10.0 Å². The molecular formula is C24H27N5O3S2. The van der Waals surface area contributed by atoms with Crippen molar-refractivity contribution in [1.82, 2.24) is 19.1 Å². The smallest absolute Gasteiger partial charge is 0.242 e. The van der Waals surface area contributed by atoms with E-state index in [2.05, 4.69) is 5.10 Å². The Labute approximate surface area is 204 Å². The number of carbonyl (C=O) groups excluding carboxylic acids is 1. The molecule has 1 saturated carbocycles. The second-order valence-electron chi connectivity index (χ2n) is 8.79. The van der Waals surface area contributed by atoms with Crippen molar-refractivity contribution in [3.8, 4) is 5.69 Å². The summed E-state index contributed by atoms with van der Waals surface area (Å²) >= 11 is 1.35. The summed E-state index contributed by atoms with van der Waals surface area (Å²) in [6.07, 6.45) is 3.77. The largest absolute Gasteiger partial charge is 0.311 e. The fraction of sp³-hybridized carbons (Fsp3) is 0.375. The first-order valence-corrected chi connectivity index (χ1v) is 13.8. The van der Waals surface area contributed by atoms with Gasteiger partial charge in [0.05, 0.1) is 16.3 Å². The van der Waals surface area contributed by atoms with Gasteiger partial charge in [-0.15, -0.1) is 5.10 Å². The summed E-state index contributed by atoms with van der Waals surface area (Å²) in [5.41, 5.74) is 2.65. The molecule has 1 aliphatic carbocycles. The third-order valence-corrected chi connectivity index (χ3v) is 8.76. The molecule has 0 radical (unpaired) electrons. The van der Waals surface area contributed by atoms with E-state index in [1.54, 1.807) is 23.1 Å². The monoisotopic (exact) mass is 497 g/mol. The van der Waals surface area contributed by atoms with E-state index in [1.807, 2.05) is 35.0 Å². The summed E-state index contributed by atoms with van der Waals surface area (Å²) in [5.74, 6) is 1.58. The van der Waals surface area contributed by atoms with Gasteiger partial charge in [-0.2, -0.15) is 0 Å². The van der Waals surface area contributed by atoms with Gasteiger partial charge in [0, 0.05) is 32.2 Å². The molecule has 34 heavy (non-hydrogen) atoms. The predicted octanol–water partition coefficient (Wildman–Crippen LogP) is 3.47. The molecule has 2 aliphatic rings. The van der Waals surface area contributed by atoms with Gasteiger partial charge >= 0.3 is 0 Å². The highest BCUT2D eigenvalue weighted by Gasteiger charge is 2.31. The quantitative estimate of drug-likeness (QED) is 0.465.